The van der Waals surface area contributed by atoms with Crippen LogP contribution in [-0.4, -0.2) is 0 Å². The van der Waals surface area contributed by atoms with Gasteiger partial charge in [0.2, 0.25) is 0 Å². The van der Waals surface area contributed by atoms with Crippen LogP contribution in [0.2, 0.25) is 0 Å². The summed E-state index contributed by atoms with van der Waals surface area (Å²) in [6.07, 6.45) is 13.3. The first-order valence-electron chi connectivity index (χ1n) is 5.65. The van der Waals surface area contributed by atoms with Crippen LogP contribution in [0.3, 0.4) is 0 Å². The lowest BCUT2D eigenvalue weighted by atomic mass is 10.1. The van der Waals surface area contributed by atoms with Gasteiger partial charge in [0.15, 0.2) is 0 Å². The van der Waals surface area contributed by atoms with Crippen molar-refractivity contribution >= 4 is 0 Å². The van der Waals surface area contributed by atoms with E-state index in [9.17, 15) is 0 Å². The Morgan fingerprint density at radius 1 is 1.44 bits per heavy atom. The van der Waals surface area contributed by atoms with E-state index in [1.807, 2.05) is 12.2 Å². The molecule has 0 aromatic rings. The molecular weight excluding hydrogens is 192 g/mol. The number of hydrogen-bond acceptors (Lipinski definition) is 0. The van der Waals surface area contributed by atoms with Gasteiger partial charge in [0.1, 0.15) is 0 Å². The zero-order valence-corrected chi connectivity index (χ0v) is 9.92. The lowest BCUT2D eigenvalue weighted by molar-refractivity contribution is 1.000. The third-order valence-electron chi connectivity index (χ3n) is 2.37. The van der Waals surface area contributed by atoms with Crippen LogP contribution in [0.5, 0.6) is 0 Å². The van der Waals surface area contributed by atoms with Crippen molar-refractivity contribution in [2.45, 2.75) is 26.2 Å². The Morgan fingerprint density at radius 2 is 2.25 bits per heavy atom. The first-order valence-corrected chi connectivity index (χ1v) is 5.65. The van der Waals surface area contributed by atoms with Gasteiger partial charge in [0, 0.05) is 11.1 Å². The van der Waals surface area contributed by atoms with Crippen molar-refractivity contribution in [3.63, 3.8) is 0 Å². The third kappa shape index (κ3) is 4.66. The van der Waals surface area contributed by atoms with Gasteiger partial charge in [-0.05, 0) is 25.3 Å². The summed E-state index contributed by atoms with van der Waals surface area (Å²) in [5, 5.41) is 0. The van der Waals surface area contributed by atoms with E-state index in [4.69, 9.17) is 0 Å². The van der Waals surface area contributed by atoms with Crippen LogP contribution in [0.25, 0.3) is 0 Å². The van der Waals surface area contributed by atoms with Crippen molar-refractivity contribution in [2.75, 3.05) is 0 Å². The minimum Gasteiger partial charge on any atom is -0.0958 e. The molecule has 0 spiro atoms. The maximum absolute atomic E-state index is 3.90. The van der Waals surface area contributed by atoms with Crippen LogP contribution >= 0.6 is 0 Å². The summed E-state index contributed by atoms with van der Waals surface area (Å²) >= 11 is 0. The summed E-state index contributed by atoms with van der Waals surface area (Å²) in [7, 11) is 0. The minimum absolute atomic E-state index is 0.838. The Bertz CT molecular complexity index is 417. The third-order valence-corrected chi connectivity index (χ3v) is 2.37. The summed E-state index contributed by atoms with van der Waals surface area (Å²) in [5.41, 5.74) is 3.12. The van der Waals surface area contributed by atoms with Gasteiger partial charge in [-0.3, -0.25) is 0 Å². The zero-order chi connectivity index (χ0) is 11.8. The summed E-state index contributed by atoms with van der Waals surface area (Å²) in [4.78, 5) is 0. The van der Waals surface area contributed by atoms with Crippen molar-refractivity contribution < 1.29 is 0 Å². The van der Waals surface area contributed by atoms with Crippen molar-refractivity contribution in [3.05, 3.63) is 60.3 Å². The fraction of sp³-hybridized carbons (Fsp3) is 0.250. The lowest BCUT2D eigenvalue weighted by Crippen LogP contribution is -1.83. The van der Waals surface area contributed by atoms with Gasteiger partial charge in [0.05, 0.1) is 0 Å². The van der Waals surface area contributed by atoms with Gasteiger partial charge in [-0.15, -0.1) is 0 Å². The normalized spacial score (nSPS) is 14.2. The standard InChI is InChI=1S/C16H18/c1-4-14(2)10-11-15(3)12-13-16-8-6-5-7-9-16/h5-6,8,10-11H,2-4,7,9H2,1H3/b11-10-. The maximum Gasteiger partial charge on any atom is 0.0177 e. The monoisotopic (exact) mass is 210 g/mol. The molecule has 0 unspecified atom stereocenters. The highest BCUT2D eigenvalue weighted by Gasteiger charge is 1.93. The van der Waals surface area contributed by atoms with Crippen LogP contribution in [0.4, 0.5) is 0 Å². The van der Waals surface area contributed by atoms with E-state index in [2.05, 4.69) is 50.2 Å². The minimum atomic E-state index is 0.838. The number of hydrogen-bond donors (Lipinski definition) is 0. The van der Waals surface area contributed by atoms with Crippen molar-refractivity contribution in [1.29, 1.82) is 0 Å². The largest absolute Gasteiger partial charge is 0.0958 e. The molecular formula is C16H18. The van der Waals surface area contributed by atoms with E-state index in [0.717, 1.165) is 30.4 Å². The highest BCUT2D eigenvalue weighted by Crippen LogP contribution is 2.10. The lowest BCUT2D eigenvalue weighted by Gasteiger charge is -1.99. The van der Waals surface area contributed by atoms with E-state index in [0.29, 0.717) is 0 Å². The summed E-state index contributed by atoms with van der Waals surface area (Å²) in [6.45, 7) is 9.88. The van der Waals surface area contributed by atoms with Gasteiger partial charge >= 0.3 is 0 Å². The molecule has 0 bridgehead atoms. The second-order valence-electron chi connectivity index (χ2n) is 3.78. The first-order chi connectivity index (χ1) is 7.72. The molecule has 0 nitrogen and oxygen atoms in total. The molecule has 0 aromatic heterocycles. The van der Waals surface area contributed by atoms with E-state index >= 15 is 0 Å². The topological polar surface area (TPSA) is 0 Å². The van der Waals surface area contributed by atoms with E-state index in [-0.39, 0.29) is 0 Å². The molecule has 0 atom stereocenters. The van der Waals surface area contributed by atoms with Gasteiger partial charge in [-0.25, -0.2) is 0 Å². The van der Waals surface area contributed by atoms with Gasteiger partial charge < -0.3 is 0 Å². The zero-order valence-electron chi connectivity index (χ0n) is 9.92. The van der Waals surface area contributed by atoms with Gasteiger partial charge in [0.25, 0.3) is 0 Å². The van der Waals surface area contributed by atoms with E-state index in [1.165, 1.54) is 5.57 Å². The van der Waals surface area contributed by atoms with Crippen LogP contribution in [0.15, 0.2) is 60.3 Å². The van der Waals surface area contributed by atoms with Crippen molar-refractivity contribution in [1.82, 2.24) is 0 Å². The van der Waals surface area contributed by atoms with Gasteiger partial charge in [-0.2, -0.15) is 0 Å². The molecule has 0 amide bonds. The van der Waals surface area contributed by atoms with Crippen LogP contribution < -0.4 is 0 Å². The Morgan fingerprint density at radius 3 is 2.88 bits per heavy atom. The fourth-order valence-corrected chi connectivity index (χ4v) is 1.25. The maximum atomic E-state index is 3.90. The SMILES string of the molecule is C=C(C#CC1=CC=CCC1)/C=C\C(=C)CC. The number of allylic oxidation sites excluding steroid dienone is 8. The smallest absolute Gasteiger partial charge is 0.0177 e. The fourth-order valence-electron chi connectivity index (χ4n) is 1.25. The predicted molar refractivity (Wildman–Crippen MR) is 71.9 cm³/mol. The predicted octanol–water partition coefficient (Wildman–Crippen LogP) is 4.34. The van der Waals surface area contributed by atoms with Crippen molar-refractivity contribution in [3.8, 4) is 11.8 Å². The Hall–Kier alpha value is -1.74. The summed E-state index contributed by atoms with van der Waals surface area (Å²) in [6, 6.07) is 0. The quantitative estimate of drug-likeness (QED) is 0.480. The molecule has 0 heterocycles. The molecule has 0 heteroatoms. The highest BCUT2D eigenvalue weighted by atomic mass is 14.0. The number of rotatable bonds is 3. The van der Waals surface area contributed by atoms with E-state index in [1.54, 1.807) is 0 Å². The Kier molecular flexibility index (Phi) is 5.16. The molecule has 0 aromatic carbocycles. The van der Waals surface area contributed by atoms with E-state index < -0.39 is 0 Å². The van der Waals surface area contributed by atoms with Crippen LogP contribution in [0.1, 0.15) is 26.2 Å². The second-order valence-corrected chi connectivity index (χ2v) is 3.78. The van der Waals surface area contributed by atoms with Gasteiger partial charge in [-0.1, -0.05) is 61.8 Å². The molecule has 0 radical (unpaired) electrons. The van der Waals surface area contributed by atoms with Crippen LogP contribution in [0, 0.1) is 11.8 Å². The molecule has 82 valence electrons. The second kappa shape index (κ2) is 6.69. The highest BCUT2D eigenvalue weighted by molar-refractivity contribution is 5.44. The molecule has 0 aliphatic heterocycles. The molecule has 1 aliphatic rings. The average Bonchev–Trinajstić information content (AvgIpc) is 2.34. The summed E-state index contributed by atoms with van der Waals surface area (Å²) in [5.74, 6) is 6.20. The Balaban J connectivity index is 2.54. The molecule has 0 fully saturated rings. The van der Waals surface area contributed by atoms with Crippen LogP contribution in [-0.2, 0) is 0 Å². The molecule has 1 rings (SSSR count). The molecule has 16 heavy (non-hydrogen) atoms. The summed E-state index contributed by atoms with van der Waals surface area (Å²) < 4.78 is 0. The first kappa shape index (κ1) is 12.3. The molecule has 0 saturated heterocycles. The molecule has 0 saturated carbocycles. The van der Waals surface area contributed by atoms with Crippen molar-refractivity contribution in [2.24, 2.45) is 0 Å². The Labute approximate surface area is 98.8 Å². The molecule has 0 N–H and O–H groups in total. The average molecular weight is 210 g/mol. The molecule has 1 aliphatic carbocycles.